The van der Waals surface area contributed by atoms with Gasteiger partial charge in [0.2, 0.25) is 0 Å². The van der Waals surface area contributed by atoms with E-state index in [1.807, 2.05) is 0 Å². The van der Waals surface area contributed by atoms with Crippen molar-refractivity contribution in [3.05, 3.63) is 0 Å². The summed E-state index contributed by atoms with van der Waals surface area (Å²) in [5, 5.41) is 5.68. The normalized spacial score (nSPS) is 23.7. The molecular weight excluding hydrogens is 148 g/mol. The molecule has 1 fully saturated rings. The molecule has 0 aliphatic carbocycles. The zero-order valence-corrected chi connectivity index (χ0v) is 6.13. The van der Waals surface area contributed by atoms with E-state index in [-0.39, 0.29) is 0 Å². The van der Waals surface area contributed by atoms with E-state index in [0.717, 1.165) is 0 Å². The molecule has 1 unspecified atom stereocenters. The number of carbonyl (C=O) groups excluding carboxylic acids is 2. The Morgan fingerprint density at radius 2 is 2.27 bits per heavy atom. The minimum atomic E-state index is -0.715. The molecule has 0 aromatic rings. The molecule has 1 aliphatic heterocycles. The van der Waals surface area contributed by atoms with Crippen molar-refractivity contribution >= 4 is 11.9 Å². The summed E-state index contributed by atoms with van der Waals surface area (Å²) in [5.74, 6) is 4.99. The predicted octanol–water partition coefficient (Wildman–Crippen LogP) is -1.65. The highest BCUT2D eigenvalue weighted by molar-refractivity contribution is 6.03. The largest absolute Gasteiger partial charge is 0.323 e. The Hall–Kier alpha value is -1.14. The lowest BCUT2D eigenvalue weighted by Gasteiger charge is -2.18. The van der Waals surface area contributed by atoms with Gasteiger partial charge in [-0.15, -0.1) is 0 Å². The van der Waals surface area contributed by atoms with E-state index in [2.05, 4.69) is 10.6 Å². The number of nitrogens with zero attached hydrogens (tertiary/aromatic N) is 1. The van der Waals surface area contributed by atoms with Crippen LogP contribution in [-0.4, -0.2) is 29.7 Å². The van der Waals surface area contributed by atoms with E-state index in [1.165, 1.54) is 5.01 Å². The molecule has 1 rings (SSSR count). The number of carbonyl (C=O) groups is 2. The third kappa shape index (κ3) is 1.47. The average molecular weight is 158 g/mol. The second-order valence-electron chi connectivity index (χ2n) is 2.20. The van der Waals surface area contributed by atoms with Gasteiger partial charge in [-0.25, -0.2) is 9.80 Å². The summed E-state index contributed by atoms with van der Waals surface area (Å²) in [6, 6.07) is -0.496. The summed E-state index contributed by atoms with van der Waals surface area (Å²) < 4.78 is 0. The number of rotatable bonds is 2. The number of likely N-dealkylation sites (N-methyl/N-ethyl adjacent to an activating group) is 1. The van der Waals surface area contributed by atoms with Crippen molar-refractivity contribution in [2.75, 3.05) is 6.54 Å². The van der Waals surface area contributed by atoms with E-state index in [9.17, 15) is 9.59 Å². The number of imide groups is 1. The molecule has 0 spiro atoms. The molecule has 6 nitrogen and oxygen atoms in total. The number of hydrogen-bond acceptors (Lipinski definition) is 4. The van der Waals surface area contributed by atoms with Gasteiger partial charge in [-0.1, -0.05) is 6.92 Å². The maximum absolute atomic E-state index is 10.9. The van der Waals surface area contributed by atoms with Crippen molar-refractivity contribution in [2.45, 2.75) is 13.1 Å². The van der Waals surface area contributed by atoms with Crippen molar-refractivity contribution < 1.29 is 9.59 Å². The maximum Gasteiger partial charge on any atom is 0.323 e. The molecule has 1 aliphatic rings. The third-order valence-corrected chi connectivity index (χ3v) is 1.45. The van der Waals surface area contributed by atoms with E-state index in [1.54, 1.807) is 6.92 Å². The SMILES string of the molecule is CCN(N)C1NC(=O)NC1=O. The van der Waals surface area contributed by atoms with Crippen LogP contribution in [-0.2, 0) is 4.79 Å². The lowest BCUT2D eigenvalue weighted by atomic mass is 10.4. The monoisotopic (exact) mass is 158 g/mol. The first-order valence-electron chi connectivity index (χ1n) is 3.28. The van der Waals surface area contributed by atoms with E-state index in [4.69, 9.17) is 5.84 Å². The van der Waals surface area contributed by atoms with Gasteiger partial charge in [-0.05, 0) is 0 Å². The highest BCUT2D eigenvalue weighted by Gasteiger charge is 2.32. The van der Waals surface area contributed by atoms with Crippen LogP contribution >= 0.6 is 0 Å². The first-order chi connectivity index (χ1) is 5.15. The number of hydrazine groups is 1. The van der Waals surface area contributed by atoms with Crippen molar-refractivity contribution in [3.8, 4) is 0 Å². The summed E-state index contributed by atoms with van der Waals surface area (Å²) in [6.07, 6.45) is -0.715. The zero-order valence-electron chi connectivity index (χ0n) is 6.13. The maximum atomic E-state index is 10.9. The molecule has 1 heterocycles. The summed E-state index contributed by atoms with van der Waals surface area (Å²) in [7, 11) is 0. The van der Waals surface area contributed by atoms with Gasteiger partial charge in [-0.2, -0.15) is 0 Å². The number of amides is 3. The molecule has 62 valence electrons. The van der Waals surface area contributed by atoms with Crippen LogP contribution in [0.25, 0.3) is 0 Å². The van der Waals surface area contributed by atoms with Gasteiger partial charge in [0.15, 0.2) is 6.17 Å². The van der Waals surface area contributed by atoms with E-state index >= 15 is 0 Å². The fourth-order valence-corrected chi connectivity index (χ4v) is 0.822. The molecule has 0 aromatic heterocycles. The van der Waals surface area contributed by atoms with Crippen molar-refractivity contribution in [3.63, 3.8) is 0 Å². The molecule has 11 heavy (non-hydrogen) atoms. The molecule has 0 saturated carbocycles. The second-order valence-corrected chi connectivity index (χ2v) is 2.20. The van der Waals surface area contributed by atoms with Gasteiger partial charge in [0, 0.05) is 6.54 Å². The smallest absolute Gasteiger partial charge is 0.313 e. The van der Waals surface area contributed by atoms with E-state index < -0.39 is 18.1 Å². The standard InChI is InChI=1S/C5H10N4O2/c1-2-9(6)3-4(10)8-5(11)7-3/h3H,2,6H2,1H3,(H2,7,8,10,11). The summed E-state index contributed by atoms with van der Waals surface area (Å²) in [6.45, 7) is 2.29. The summed E-state index contributed by atoms with van der Waals surface area (Å²) >= 11 is 0. The fraction of sp³-hybridized carbons (Fsp3) is 0.600. The summed E-state index contributed by atoms with van der Waals surface area (Å²) in [4.78, 5) is 21.4. The minimum absolute atomic E-state index is 0.403. The summed E-state index contributed by atoms with van der Waals surface area (Å²) in [5.41, 5.74) is 0. The topological polar surface area (TPSA) is 87.5 Å². The first-order valence-corrected chi connectivity index (χ1v) is 3.28. The van der Waals surface area contributed by atoms with Crippen molar-refractivity contribution in [2.24, 2.45) is 5.84 Å². The molecule has 3 amide bonds. The Morgan fingerprint density at radius 1 is 1.64 bits per heavy atom. The first kappa shape index (κ1) is 7.96. The fourth-order valence-electron chi connectivity index (χ4n) is 0.822. The van der Waals surface area contributed by atoms with Gasteiger partial charge < -0.3 is 5.32 Å². The van der Waals surface area contributed by atoms with Gasteiger partial charge in [-0.3, -0.25) is 16.0 Å². The Bertz CT molecular complexity index is 193. The third-order valence-electron chi connectivity index (χ3n) is 1.45. The predicted molar refractivity (Wildman–Crippen MR) is 37.0 cm³/mol. The van der Waals surface area contributed by atoms with E-state index in [0.29, 0.717) is 6.54 Å². The van der Waals surface area contributed by atoms with Crippen LogP contribution in [0.2, 0.25) is 0 Å². The van der Waals surface area contributed by atoms with Gasteiger partial charge >= 0.3 is 6.03 Å². The van der Waals surface area contributed by atoms with Crippen LogP contribution in [0, 0.1) is 0 Å². The number of urea groups is 1. The lowest BCUT2D eigenvalue weighted by Crippen LogP contribution is -2.50. The Labute approximate surface area is 63.7 Å². The quantitative estimate of drug-likeness (QED) is 0.255. The van der Waals surface area contributed by atoms with Crippen LogP contribution < -0.4 is 16.5 Å². The molecule has 0 bridgehead atoms. The van der Waals surface area contributed by atoms with Crippen LogP contribution in [0.3, 0.4) is 0 Å². The van der Waals surface area contributed by atoms with Gasteiger partial charge in [0.05, 0.1) is 0 Å². The van der Waals surface area contributed by atoms with Crippen LogP contribution in [0.4, 0.5) is 4.79 Å². The van der Waals surface area contributed by atoms with Crippen molar-refractivity contribution in [1.29, 1.82) is 0 Å². The molecule has 4 N–H and O–H groups in total. The van der Waals surface area contributed by atoms with Crippen LogP contribution in [0.15, 0.2) is 0 Å². The molecule has 6 heteroatoms. The second kappa shape index (κ2) is 2.85. The van der Waals surface area contributed by atoms with Gasteiger partial charge in [0.25, 0.3) is 5.91 Å². The minimum Gasteiger partial charge on any atom is -0.313 e. The van der Waals surface area contributed by atoms with Crippen LogP contribution in [0.1, 0.15) is 6.92 Å². The van der Waals surface area contributed by atoms with Gasteiger partial charge in [0.1, 0.15) is 0 Å². The Balaban J connectivity index is 2.59. The number of nitrogens with one attached hydrogen (secondary N) is 2. The molecule has 0 radical (unpaired) electrons. The number of hydrogen-bond donors (Lipinski definition) is 3. The highest BCUT2D eigenvalue weighted by atomic mass is 16.2. The zero-order chi connectivity index (χ0) is 8.43. The molecule has 1 saturated heterocycles. The van der Waals surface area contributed by atoms with Crippen LogP contribution in [0.5, 0.6) is 0 Å². The molecule has 0 aromatic carbocycles. The van der Waals surface area contributed by atoms with Crippen molar-refractivity contribution in [1.82, 2.24) is 15.6 Å². The molecule has 1 atom stereocenters. The average Bonchev–Trinajstić information content (AvgIpc) is 2.28. The lowest BCUT2D eigenvalue weighted by molar-refractivity contribution is -0.123. The highest BCUT2D eigenvalue weighted by Crippen LogP contribution is 1.94. The number of nitrogens with two attached hydrogens (primary N) is 1. The molecular formula is C5H10N4O2. The Morgan fingerprint density at radius 3 is 2.64 bits per heavy atom. The Kier molecular flexibility index (Phi) is 2.06.